The summed E-state index contributed by atoms with van der Waals surface area (Å²) < 4.78 is 115. The molecule has 2 aromatic carbocycles. The lowest BCUT2D eigenvalue weighted by Gasteiger charge is -2.46. The van der Waals surface area contributed by atoms with Crippen LogP contribution in [-0.2, 0) is 15.6 Å². The Bertz CT molecular complexity index is 1430. The molecule has 0 unspecified atom stereocenters. The van der Waals surface area contributed by atoms with Crippen LogP contribution in [0.2, 0.25) is 0 Å². The monoisotopic (exact) mass is 576 g/mol. The van der Waals surface area contributed by atoms with Crippen LogP contribution in [0.25, 0.3) is 0 Å². The lowest BCUT2D eigenvalue weighted by molar-refractivity contribution is -0.192. The van der Waals surface area contributed by atoms with Gasteiger partial charge in [-0.1, -0.05) is 6.07 Å². The Balaban J connectivity index is 1.51. The predicted molar refractivity (Wildman–Crippen MR) is 127 cm³/mol. The van der Waals surface area contributed by atoms with Crippen molar-refractivity contribution in [1.82, 2.24) is 9.88 Å². The highest BCUT2D eigenvalue weighted by molar-refractivity contribution is 7.90. The first-order valence-electron chi connectivity index (χ1n) is 11.8. The predicted octanol–water partition coefficient (Wildman–Crippen LogP) is 6.37. The van der Waals surface area contributed by atoms with E-state index in [1.807, 2.05) is 0 Å². The number of aromatic nitrogens is 1. The van der Waals surface area contributed by atoms with Crippen LogP contribution in [0.1, 0.15) is 47.5 Å². The summed E-state index contributed by atoms with van der Waals surface area (Å²) in [5.41, 5.74) is 0.467. The minimum absolute atomic E-state index is 0.0380. The first-order valence-corrected chi connectivity index (χ1v) is 14.3. The van der Waals surface area contributed by atoms with Crippen LogP contribution in [0, 0.1) is 23.4 Å². The maximum atomic E-state index is 15.3. The number of hydrogen-bond acceptors (Lipinski definition) is 6. The number of likely N-dealkylation sites (tertiary alicyclic amines) is 1. The van der Waals surface area contributed by atoms with Gasteiger partial charge in [0.1, 0.15) is 27.2 Å². The van der Waals surface area contributed by atoms with Crippen molar-refractivity contribution in [2.75, 3.05) is 13.2 Å². The Morgan fingerprint density at radius 1 is 1.03 bits per heavy atom. The third-order valence-corrected chi connectivity index (χ3v) is 9.64. The largest absolute Gasteiger partial charge is 0.493 e. The fourth-order valence-electron chi connectivity index (χ4n) is 5.22. The number of benzene rings is 2. The van der Waals surface area contributed by atoms with Crippen LogP contribution in [0.15, 0.2) is 46.8 Å². The Hall–Kier alpha value is -2.64. The summed E-state index contributed by atoms with van der Waals surface area (Å²) in [5, 5.41) is 1.90. The van der Waals surface area contributed by atoms with Crippen molar-refractivity contribution in [3.05, 3.63) is 75.5 Å². The van der Waals surface area contributed by atoms with Crippen LogP contribution >= 0.6 is 11.3 Å². The third-order valence-electron chi connectivity index (χ3n) is 7.04. The molecular formula is C25H22F6N2O3S2. The van der Waals surface area contributed by atoms with Crippen LogP contribution < -0.4 is 4.74 Å². The smallest absolute Gasteiger partial charge is 0.391 e. The van der Waals surface area contributed by atoms with Gasteiger partial charge in [0.25, 0.3) is 0 Å². The SMILES string of the molecule is O=S(=O)(Cc1nccs1)c1cc2c(cc1F)[C@@H](N1CC[C@@H](C(F)(F)F)C[C@H]1c1ccc(F)c(F)c1)CCO2. The normalized spacial score (nSPS) is 22.6. The van der Waals surface area contributed by atoms with Gasteiger partial charge in [0.05, 0.1) is 12.5 Å². The van der Waals surface area contributed by atoms with Crippen LogP contribution in [0.5, 0.6) is 5.75 Å². The number of alkyl halides is 3. The van der Waals surface area contributed by atoms with Crippen molar-refractivity contribution in [2.24, 2.45) is 5.92 Å². The highest BCUT2D eigenvalue weighted by Crippen LogP contribution is 2.48. The molecule has 1 fully saturated rings. The molecule has 0 radical (unpaired) electrons. The molecule has 38 heavy (non-hydrogen) atoms. The molecule has 0 amide bonds. The zero-order valence-corrected chi connectivity index (χ0v) is 21.4. The van der Waals surface area contributed by atoms with E-state index in [2.05, 4.69) is 4.98 Å². The number of hydrogen-bond donors (Lipinski definition) is 0. The standard InChI is InChI=1S/C25H22F6N2O3S2/c26-17-2-1-14(9-18(17)27)21-10-15(25(29,30)31)3-6-33(21)20-4-7-36-22-12-23(19(28)11-16(20)22)38(34,35)13-24-32-5-8-37-24/h1-2,5,8-9,11-12,15,20-21H,3-4,6-7,10,13H2/t15-,20+,21+/m1/s1. The van der Waals surface area contributed by atoms with E-state index in [0.29, 0.717) is 10.6 Å². The maximum absolute atomic E-state index is 15.3. The summed E-state index contributed by atoms with van der Waals surface area (Å²) >= 11 is 1.12. The van der Waals surface area contributed by atoms with Crippen molar-refractivity contribution in [2.45, 2.75) is 48.2 Å². The van der Waals surface area contributed by atoms with Crippen molar-refractivity contribution in [3.63, 3.8) is 0 Å². The second-order valence-corrected chi connectivity index (χ2v) is 12.3. The molecule has 1 aromatic heterocycles. The van der Waals surface area contributed by atoms with Crippen LogP contribution in [-0.4, -0.2) is 37.6 Å². The van der Waals surface area contributed by atoms with Gasteiger partial charge in [0.2, 0.25) is 0 Å². The van der Waals surface area contributed by atoms with Crippen LogP contribution in [0.4, 0.5) is 26.3 Å². The molecule has 3 heterocycles. The Morgan fingerprint density at radius 2 is 1.82 bits per heavy atom. The fraction of sp³-hybridized carbons (Fsp3) is 0.400. The molecule has 5 rings (SSSR count). The van der Waals surface area contributed by atoms with Gasteiger partial charge in [-0.05, 0) is 43.1 Å². The highest BCUT2D eigenvalue weighted by Gasteiger charge is 2.47. The topological polar surface area (TPSA) is 59.5 Å². The molecule has 5 nitrogen and oxygen atoms in total. The van der Waals surface area contributed by atoms with Crippen molar-refractivity contribution in [3.8, 4) is 5.75 Å². The minimum Gasteiger partial charge on any atom is -0.493 e. The molecule has 0 spiro atoms. The average molecular weight is 577 g/mol. The Kier molecular flexibility index (Phi) is 7.20. The van der Waals surface area contributed by atoms with E-state index < -0.39 is 62.1 Å². The zero-order chi connectivity index (χ0) is 27.2. The second-order valence-electron chi connectivity index (χ2n) is 9.35. The van der Waals surface area contributed by atoms with Gasteiger partial charge in [0.15, 0.2) is 21.5 Å². The zero-order valence-electron chi connectivity index (χ0n) is 19.7. The molecule has 3 atom stereocenters. The summed E-state index contributed by atoms with van der Waals surface area (Å²) in [6, 6.07) is 3.61. The number of piperidine rings is 1. The van der Waals surface area contributed by atoms with E-state index in [-0.39, 0.29) is 43.7 Å². The van der Waals surface area contributed by atoms with Gasteiger partial charge < -0.3 is 4.74 Å². The first kappa shape index (κ1) is 26.9. The fourth-order valence-corrected chi connectivity index (χ4v) is 7.56. The third kappa shape index (κ3) is 5.28. The van der Waals surface area contributed by atoms with Gasteiger partial charge in [-0.15, -0.1) is 11.3 Å². The number of nitrogens with zero attached hydrogens (tertiary/aromatic N) is 2. The summed E-state index contributed by atoms with van der Waals surface area (Å²) in [7, 11) is -4.10. The van der Waals surface area contributed by atoms with Crippen LogP contribution in [0.3, 0.4) is 0 Å². The van der Waals surface area contributed by atoms with E-state index in [0.717, 1.165) is 35.6 Å². The minimum atomic E-state index is -4.47. The second kappa shape index (κ2) is 10.2. The van der Waals surface area contributed by atoms with Crippen molar-refractivity contribution < 1.29 is 39.5 Å². The molecule has 3 aromatic rings. The van der Waals surface area contributed by atoms with E-state index in [1.165, 1.54) is 12.3 Å². The first-order chi connectivity index (χ1) is 17.9. The van der Waals surface area contributed by atoms with E-state index in [1.54, 1.807) is 10.3 Å². The molecule has 1 saturated heterocycles. The number of halogens is 6. The maximum Gasteiger partial charge on any atom is 0.391 e. The van der Waals surface area contributed by atoms with E-state index >= 15 is 4.39 Å². The van der Waals surface area contributed by atoms with E-state index in [4.69, 9.17) is 4.74 Å². The lowest BCUT2D eigenvalue weighted by atomic mass is 9.84. The van der Waals surface area contributed by atoms with E-state index in [9.17, 15) is 30.4 Å². The van der Waals surface area contributed by atoms with Crippen molar-refractivity contribution >= 4 is 21.2 Å². The summed E-state index contributed by atoms with van der Waals surface area (Å²) in [5.74, 6) is -5.33. The van der Waals surface area contributed by atoms with Gasteiger partial charge >= 0.3 is 6.18 Å². The molecule has 2 aliphatic heterocycles. The van der Waals surface area contributed by atoms with Gasteiger partial charge in [0, 0.05) is 41.7 Å². The average Bonchev–Trinajstić information content (AvgIpc) is 3.36. The molecule has 204 valence electrons. The number of thiazole rings is 1. The van der Waals surface area contributed by atoms with Gasteiger partial charge in [-0.25, -0.2) is 26.6 Å². The summed E-state index contributed by atoms with van der Waals surface area (Å²) in [4.78, 5) is 5.10. The lowest BCUT2D eigenvalue weighted by Crippen LogP contribution is -2.44. The molecule has 0 saturated carbocycles. The Morgan fingerprint density at radius 3 is 2.50 bits per heavy atom. The molecule has 0 bridgehead atoms. The van der Waals surface area contributed by atoms with Gasteiger partial charge in [-0.3, -0.25) is 4.90 Å². The molecule has 0 aliphatic carbocycles. The molecule has 2 aliphatic rings. The quantitative estimate of drug-likeness (QED) is 0.330. The summed E-state index contributed by atoms with van der Waals surface area (Å²) in [6.07, 6.45) is -3.35. The highest BCUT2D eigenvalue weighted by atomic mass is 32.2. The number of rotatable bonds is 5. The summed E-state index contributed by atoms with van der Waals surface area (Å²) in [6.45, 7) is 0.0721. The Labute approximate surface area is 219 Å². The number of sulfone groups is 1. The van der Waals surface area contributed by atoms with Gasteiger partial charge in [-0.2, -0.15) is 13.2 Å². The molecular weight excluding hydrogens is 554 g/mol. The number of fused-ring (bicyclic) bond motifs is 1. The molecule has 0 N–H and O–H groups in total. The molecule has 13 heteroatoms. The number of ether oxygens (including phenoxy) is 1. The van der Waals surface area contributed by atoms with Crippen molar-refractivity contribution in [1.29, 1.82) is 0 Å².